The Morgan fingerprint density at radius 1 is 1.35 bits per heavy atom. The van der Waals surface area contributed by atoms with Gasteiger partial charge in [-0.3, -0.25) is 4.57 Å². The fraction of sp³-hybridized carbons (Fsp3) is 0.571. The van der Waals surface area contributed by atoms with Crippen molar-refractivity contribution in [3.8, 4) is 5.88 Å². The molecule has 0 radical (unpaired) electrons. The van der Waals surface area contributed by atoms with Crippen LogP contribution in [0.2, 0.25) is 0 Å². The van der Waals surface area contributed by atoms with Crippen LogP contribution >= 0.6 is 0 Å². The van der Waals surface area contributed by atoms with E-state index in [2.05, 4.69) is 35.8 Å². The molecule has 2 aromatic rings. The molecular weight excluding hydrogens is 254 g/mol. The molecule has 2 aromatic heterocycles. The van der Waals surface area contributed by atoms with Crippen molar-refractivity contribution in [1.29, 1.82) is 0 Å². The third-order valence-electron chi connectivity index (χ3n) is 3.58. The standard InChI is InChI=1S/C14H23N5O/c1-10(2)18(3)8-5-9-19-13-11(16-14(19)15)6-7-12(17-13)20-4/h6-7,10H,5,8-9H2,1-4H3,(H2,15,16). The van der Waals surface area contributed by atoms with Gasteiger partial charge in [-0.05, 0) is 39.9 Å². The number of hydrogen-bond donors (Lipinski definition) is 1. The zero-order valence-corrected chi connectivity index (χ0v) is 12.6. The van der Waals surface area contributed by atoms with Crippen LogP contribution < -0.4 is 10.5 Å². The SMILES string of the molecule is COc1ccc2nc(N)n(CCCN(C)C(C)C)c2n1. The van der Waals surface area contributed by atoms with E-state index >= 15 is 0 Å². The molecule has 0 aliphatic carbocycles. The minimum atomic E-state index is 0.507. The second-order valence-corrected chi connectivity index (χ2v) is 5.25. The maximum absolute atomic E-state index is 5.98. The van der Waals surface area contributed by atoms with Gasteiger partial charge in [0.2, 0.25) is 11.8 Å². The molecule has 0 aliphatic rings. The predicted molar refractivity (Wildman–Crippen MR) is 80.9 cm³/mol. The van der Waals surface area contributed by atoms with Gasteiger partial charge in [0, 0.05) is 18.7 Å². The first kappa shape index (κ1) is 14.6. The van der Waals surface area contributed by atoms with E-state index in [1.54, 1.807) is 13.2 Å². The average Bonchev–Trinajstić information content (AvgIpc) is 2.74. The number of fused-ring (bicyclic) bond motifs is 1. The minimum Gasteiger partial charge on any atom is -0.481 e. The van der Waals surface area contributed by atoms with Crippen molar-refractivity contribution in [2.75, 3.05) is 26.4 Å². The lowest BCUT2D eigenvalue weighted by Crippen LogP contribution is -2.28. The van der Waals surface area contributed by atoms with Crippen LogP contribution in [-0.2, 0) is 6.54 Å². The van der Waals surface area contributed by atoms with Crippen molar-refractivity contribution in [3.63, 3.8) is 0 Å². The van der Waals surface area contributed by atoms with Crippen LogP contribution in [0.15, 0.2) is 12.1 Å². The maximum Gasteiger partial charge on any atom is 0.215 e. The summed E-state index contributed by atoms with van der Waals surface area (Å²) in [5.74, 6) is 1.09. The highest BCUT2D eigenvalue weighted by atomic mass is 16.5. The molecule has 0 saturated heterocycles. The molecule has 6 nitrogen and oxygen atoms in total. The Bertz CT molecular complexity index is 578. The normalized spacial score (nSPS) is 11.7. The van der Waals surface area contributed by atoms with Crippen LogP contribution in [-0.4, -0.2) is 46.2 Å². The third-order valence-corrected chi connectivity index (χ3v) is 3.58. The number of imidazole rings is 1. The molecule has 20 heavy (non-hydrogen) atoms. The largest absolute Gasteiger partial charge is 0.481 e. The lowest BCUT2D eigenvalue weighted by Gasteiger charge is -2.20. The van der Waals surface area contributed by atoms with Crippen LogP contribution in [0.1, 0.15) is 20.3 Å². The molecule has 0 saturated carbocycles. The van der Waals surface area contributed by atoms with Gasteiger partial charge in [0.15, 0.2) is 5.65 Å². The quantitative estimate of drug-likeness (QED) is 0.871. The van der Waals surface area contributed by atoms with Crippen molar-refractivity contribution >= 4 is 17.1 Å². The number of methoxy groups -OCH3 is 1. The molecule has 0 aliphatic heterocycles. The summed E-state index contributed by atoms with van der Waals surface area (Å²) in [7, 11) is 3.73. The Labute approximate surface area is 119 Å². The Balaban J connectivity index is 2.14. The molecule has 0 amide bonds. The van der Waals surface area contributed by atoms with E-state index in [1.165, 1.54) is 0 Å². The van der Waals surface area contributed by atoms with E-state index in [0.29, 0.717) is 17.9 Å². The number of rotatable bonds is 6. The number of nitrogens with two attached hydrogens (primary N) is 1. The van der Waals surface area contributed by atoms with Gasteiger partial charge in [-0.25, -0.2) is 4.98 Å². The second kappa shape index (κ2) is 6.09. The fourth-order valence-corrected chi connectivity index (χ4v) is 2.07. The molecule has 2 rings (SSSR count). The van der Waals surface area contributed by atoms with Gasteiger partial charge in [-0.2, -0.15) is 4.98 Å². The second-order valence-electron chi connectivity index (χ2n) is 5.25. The Morgan fingerprint density at radius 2 is 2.10 bits per heavy atom. The van der Waals surface area contributed by atoms with Crippen molar-refractivity contribution in [1.82, 2.24) is 19.4 Å². The molecule has 2 N–H and O–H groups in total. The lowest BCUT2D eigenvalue weighted by molar-refractivity contribution is 0.266. The summed E-state index contributed by atoms with van der Waals surface area (Å²) >= 11 is 0. The summed E-state index contributed by atoms with van der Waals surface area (Å²) in [5, 5.41) is 0. The highest BCUT2D eigenvalue weighted by molar-refractivity contribution is 5.74. The number of anilines is 1. The summed E-state index contributed by atoms with van der Waals surface area (Å²) in [6, 6.07) is 4.23. The van der Waals surface area contributed by atoms with Crippen molar-refractivity contribution in [2.45, 2.75) is 32.9 Å². The Kier molecular flexibility index (Phi) is 4.44. The molecule has 0 aromatic carbocycles. The van der Waals surface area contributed by atoms with Gasteiger partial charge in [0.1, 0.15) is 5.52 Å². The molecule has 6 heteroatoms. The van der Waals surface area contributed by atoms with Crippen LogP contribution in [0.4, 0.5) is 5.95 Å². The van der Waals surface area contributed by atoms with Crippen molar-refractivity contribution in [2.24, 2.45) is 0 Å². The van der Waals surface area contributed by atoms with Crippen LogP contribution in [0.3, 0.4) is 0 Å². The number of pyridine rings is 1. The van der Waals surface area contributed by atoms with Gasteiger partial charge >= 0.3 is 0 Å². The van der Waals surface area contributed by atoms with E-state index in [1.807, 2.05) is 10.6 Å². The van der Waals surface area contributed by atoms with Crippen LogP contribution in [0.25, 0.3) is 11.2 Å². The van der Waals surface area contributed by atoms with Crippen LogP contribution in [0.5, 0.6) is 5.88 Å². The fourth-order valence-electron chi connectivity index (χ4n) is 2.07. The first-order chi connectivity index (χ1) is 9.52. The van der Waals surface area contributed by atoms with Crippen LogP contribution in [0, 0.1) is 0 Å². The van der Waals surface area contributed by atoms with E-state index in [-0.39, 0.29) is 0 Å². The average molecular weight is 277 g/mol. The van der Waals surface area contributed by atoms with Crippen molar-refractivity contribution in [3.05, 3.63) is 12.1 Å². The molecule has 0 spiro atoms. The number of nitrogen functional groups attached to an aromatic ring is 1. The lowest BCUT2D eigenvalue weighted by atomic mass is 10.3. The highest BCUT2D eigenvalue weighted by Gasteiger charge is 2.11. The first-order valence-electron chi connectivity index (χ1n) is 6.90. The van der Waals surface area contributed by atoms with E-state index in [0.717, 1.165) is 30.7 Å². The van der Waals surface area contributed by atoms with Gasteiger partial charge in [-0.15, -0.1) is 0 Å². The molecule has 0 fully saturated rings. The van der Waals surface area contributed by atoms with Gasteiger partial charge in [-0.1, -0.05) is 0 Å². The predicted octanol–water partition coefficient (Wildman–Crippen LogP) is 1.75. The summed E-state index contributed by atoms with van der Waals surface area (Å²) in [4.78, 5) is 11.1. The molecule has 0 unspecified atom stereocenters. The summed E-state index contributed by atoms with van der Waals surface area (Å²) in [6.45, 7) is 6.20. The first-order valence-corrected chi connectivity index (χ1v) is 6.90. The maximum atomic E-state index is 5.98. The van der Waals surface area contributed by atoms with Gasteiger partial charge < -0.3 is 15.4 Å². The Hall–Kier alpha value is -1.82. The van der Waals surface area contributed by atoms with Gasteiger partial charge in [0.05, 0.1) is 7.11 Å². The van der Waals surface area contributed by atoms with E-state index in [4.69, 9.17) is 10.5 Å². The number of ether oxygens (including phenoxy) is 1. The van der Waals surface area contributed by atoms with E-state index in [9.17, 15) is 0 Å². The third kappa shape index (κ3) is 3.01. The van der Waals surface area contributed by atoms with Gasteiger partial charge in [0.25, 0.3) is 0 Å². The summed E-state index contributed by atoms with van der Waals surface area (Å²) < 4.78 is 7.11. The number of aromatic nitrogens is 3. The molecule has 0 bridgehead atoms. The molecule has 0 atom stereocenters. The minimum absolute atomic E-state index is 0.507. The summed E-state index contributed by atoms with van der Waals surface area (Å²) in [6.07, 6.45) is 1.00. The number of aryl methyl sites for hydroxylation is 1. The number of nitrogens with zero attached hydrogens (tertiary/aromatic N) is 4. The summed E-state index contributed by atoms with van der Waals surface area (Å²) in [5.41, 5.74) is 7.57. The smallest absolute Gasteiger partial charge is 0.215 e. The molecule has 110 valence electrons. The zero-order chi connectivity index (χ0) is 14.7. The molecular formula is C14H23N5O. The van der Waals surface area contributed by atoms with Crippen molar-refractivity contribution < 1.29 is 4.74 Å². The topological polar surface area (TPSA) is 69.2 Å². The van der Waals surface area contributed by atoms with E-state index < -0.39 is 0 Å². The Morgan fingerprint density at radius 3 is 2.75 bits per heavy atom. The molecule has 2 heterocycles. The number of hydrogen-bond acceptors (Lipinski definition) is 5. The highest BCUT2D eigenvalue weighted by Crippen LogP contribution is 2.19. The zero-order valence-electron chi connectivity index (χ0n) is 12.6. The monoisotopic (exact) mass is 277 g/mol.